The lowest BCUT2D eigenvalue weighted by atomic mass is 10.1. The van der Waals surface area contributed by atoms with Crippen LogP contribution in [0.4, 0.5) is 0 Å². The summed E-state index contributed by atoms with van der Waals surface area (Å²) in [5.74, 6) is 0. The summed E-state index contributed by atoms with van der Waals surface area (Å²) in [5.41, 5.74) is 2.83. The first-order chi connectivity index (χ1) is 10.6. The fraction of sp³-hybridized carbons (Fsp3) is 0. The Bertz CT molecular complexity index is 1020. The van der Waals surface area contributed by atoms with Gasteiger partial charge in [-0.2, -0.15) is 0 Å². The summed E-state index contributed by atoms with van der Waals surface area (Å²) in [6, 6.07) is 18.6. The molecule has 108 valence electrons. The van der Waals surface area contributed by atoms with Crippen molar-refractivity contribution < 1.29 is 8.42 Å². The van der Waals surface area contributed by atoms with E-state index in [9.17, 15) is 8.42 Å². The van der Waals surface area contributed by atoms with E-state index < -0.39 is 10.0 Å². The minimum atomic E-state index is -3.46. The second-order valence-electron chi connectivity index (χ2n) is 5.09. The Morgan fingerprint density at radius 1 is 0.909 bits per heavy atom. The molecule has 0 bridgehead atoms. The van der Waals surface area contributed by atoms with Crippen LogP contribution < -0.4 is 4.72 Å². The Labute approximate surface area is 128 Å². The third-order valence-electron chi connectivity index (χ3n) is 3.62. The highest BCUT2D eigenvalue weighted by Crippen LogP contribution is 2.30. The number of sulfonamides is 1. The summed E-state index contributed by atoms with van der Waals surface area (Å²) in [5, 5.41) is 1.05. The molecule has 5 heteroatoms. The lowest BCUT2D eigenvalue weighted by Crippen LogP contribution is -2.13. The Balaban J connectivity index is 1.86. The molecule has 0 atom stereocenters. The van der Waals surface area contributed by atoms with E-state index in [2.05, 4.69) is 9.71 Å². The average molecular weight is 308 g/mol. The van der Waals surface area contributed by atoms with Gasteiger partial charge in [-0.15, -0.1) is 0 Å². The third kappa shape index (κ3) is 2.07. The van der Waals surface area contributed by atoms with Gasteiger partial charge in [0.25, 0.3) is 10.0 Å². The molecule has 1 aliphatic heterocycles. The number of benzene rings is 2. The van der Waals surface area contributed by atoms with Gasteiger partial charge in [0.15, 0.2) is 0 Å². The van der Waals surface area contributed by atoms with Crippen LogP contribution in [0.1, 0.15) is 11.3 Å². The highest BCUT2D eigenvalue weighted by molar-refractivity contribution is 7.90. The van der Waals surface area contributed by atoms with Crippen molar-refractivity contribution in [3.63, 3.8) is 0 Å². The standard InChI is InChI=1S/C17H12N2O2S/c20-22(21)17-8-4-2-6-14(17)16(19-22)11-13-10-9-12-5-1-3-7-15(12)18-13/h1-11,19H. The Kier molecular flexibility index (Phi) is 2.77. The quantitative estimate of drug-likeness (QED) is 0.752. The molecule has 1 aromatic heterocycles. The van der Waals surface area contributed by atoms with E-state index in [0.29, 0.717) is 21.8 Å². The molecule has 0 spiro atoms. The van der Waals surface area contributed by atoms with Crippen molar-refractivity contribution in [2.45, 2.75) is 4.90 Å². The summed E-state index contributed by atoms with van der Waals surface area (Å²) in [6.45, 7) is 0. The predicted molar refractivity (Wildman–Crippen MR) is 86.4 cm³/mol. The van der Waals surface area contributed by atoms with E-state index in [4.69, 9.17) is 0 Å². The number of para-hydroxylation sites is 1. The van der Waals surface area contributed by atoms with E-state index in [-0.39, 0.29) is 0 Å². The first-order valence-corrected chi connectivity index (χ1v) is 8.31. The first-order valence-electron chi connectivity index (χ1n) is 6.83. The van der Waals surface area contributed by atoms with Crippen LogP contribution in [0.2, 0.25) is 0 Å². The van der Waals surface area contributed by atoms with Gasteiger partial charge in [-0.05, 0) is 24.3 Å². The second-order valence-corrected chi connectivity index (χ2v) is 6.74. The molecule has 22 heavy (non-hydrogen) atoms. The van der Waals surface area contributed by atoms with Crippen molar-refractivity contribution in [2.75, 3.05) is 0 Å². The summed E-state index contributed by atoms with van der Waals surface area (Å²) < 4.78 is 26.8. The molecule has 0 aliphatic carbocycles. The van der Waals surface area contributed by atoms with Gasteiger partial charge in [0, 0.05) is 10.9 Å². The molecule has 2 aromatic carbocycles. The molecular formula is C17H12N2O2S. The number of nitrogens with one attached hydrogen (secondary N) is 1. The van der Waals surface area contributed by atoms with Crippen molar-refractivity contribution in [1.29, 1.82) is 0 Å². The monoisotopic (exact) mass is 308 g/mol. The van der Waals surface area contributed by atoms with Gasteiger partial charge >= 0.3 is 0 Å². The minimum absolute atomic E-state index is 0.307. The van der Waals surface area contributed by atoms with Crippen LogP contribution in [0.15, 0.2) is 65.6 Å². The molecule has 0 amide bonds. The van der Waals surface area contributed by atoms with Crippen molar-refractivity contribution >= 4 is 32.7 Å². The maximum Gasteiger partial charge on any atom is 0.262 e. The van der Waals surface area contributed by atoms with E-state index in [1.54, 1.807) is 24.3 Å². The second kappa shape index (κ2) is 4.68. The van der Waals surface area contributed by atoms with Gasteiger partial charge in [-0.3, -0.25) is 4.72 Å². The zero-order valence-electron chi connectivity index (χ0n) is 11.5. The highest BCUT2D eigenvalue weighted by atomic mass is 32.2. The van der Waals surface area contributed by atoms with Gasteiger partial charge in [-0.25, -0.2) is 13.4 Å². The summed E-state index contributed by atoms with van der Waals surface area (Å²) >= 11 is 0. The molecule has 2 heterocycles. The maximum absolute atomic E-state index is 12.1. The van der Waals surface area contributed by atoms with Crippen LogP contribution >= 0.6 is 0 Å². The van der Waals surface area contributed by atoms with E-state index in [1.165, 1.54) is 0 Å². The lowest BCUT2D eigenvalue weighted by molar-refractivity contribution is 0.594. The molecule has 4 nitrogen and oxygen atoms in total. The number of fused-ring (bicyclic) bond motifs is 2. The molecule has 4 rings (SSSR count). The van der Waals surface area contributed by atoms with E-state index >= 15 is 0 Å². The normalized spacial score (nSPS) is 17.4. The van der Waals surface area contributed by atoms with Crippen LogP contribution in [0.5, 0.6) is 0 Å². The number of nitrogens with zero attached hydrogens (tertiary/aromatic N) is 1. The summed E-state index contributed by atoms with van der Waals surface area (Å²) in [4.78, 5) is 4.86. The molecule has 1 aliphatic rings. The molecule has 0 saturated heterocycles. The Morgan fingerprint density at radius 2 is 1.68 bits per heavy atom. The zero-order chi connectivity index (χ0) is 15.2. The van der Waals surface area contributed by atoms with Crippen LogP contribution in [0.3, 0.4) is 0 Å². The number of aromatic nitrogens is 1. The van der Waals surface area contributed by atoms with Gasteiger partial charge in [-0.1, -0.05) is 42.5 Å². The van der Waals surface area contributed by atoms with Crippen molar-refractivity contribution in [2.24, 2.45) is 0 Å². The number of hydrogen-bond acceptors (Lipinski definition) is 3. The average Bonchev–Trinajstić information content (AvgIpc) is 2.79. The predicted octanol–water partition coefficient (Wildman–Crippen LogP) is 3.02. The zero-order valence-corrected chi connectivity index (χ0v) is 12.3. The Hall–Kier alpha value is -2.66. The molecular weight excluding hydrogens is 296 g/mol. The van der Waals surface area contributed by atoms with Crippen LogP contribution in [-0.4, -0.2) is 13.4 Å². The summed E-state index contributed by atoms with van der Waals surface area (Å²) in [6.07, 6.45) is 1.76. The summed E-state index contributed by atoms with van der Waals surface area (Å²) in [7, 11) is -3.46. The lowest BCUT2D eigenvalue weighted by Gasteiger charge is -2.01. The van der Waals surface area contributed by atoms with Gasteiger partial charge in [0.05, 0.1) is 21.8 Å². The molecule has 0 radical (unpaired) electrons. The first kappa shape index (κ1) is 13.0. The fourth-order valence-electron chi connectivity index (χ4n) is 2.60. The molecule has 3 aromatic rings. The van der Waals surface area contributed by atoms with Crippen LogP contribution in [0, 0.1) is 0 Å². The van der Waals surface area contributed by atoms with Crippen LogP contribution in [-0.2, 0) is 10.0 Å². The molecule has 0 unspecified atom stereocenters. The third-order valence-corrected chi connectivity index (χ3v) is 5.05. The smallest absolute Gasteiger partial charge is 0.262 e. The molecule has 1 N–H and O–H groups in total. The topological polar surface area (TPSA) is 59.1 Å². The fourth-order valence-corrected chi connectivity index (χ4v) is 3.89. The largest absolute Gasteiger partial charge is 0.279 e. The number of rotatable bonds is 1. The maximum atomic E-state index is 12.1. The van der Waals surface area contributed by atoms with Gasteiger partial charge < -0.3 is 0 Å². The number of pyridine rings is 1. The van der Waals surface area contributed by atoms with Crippen molar-refractivity contribution in [1.82, 2.24) is 9.71 Å². The SMILES string of the molecule is O=S1(=O)NC(=Cc2ccc3ccccc3n2)c2ccccc21. The molecule has 0 fully saturated rings. The minimum Gasteiger partial charge on any atom is -0.279 e. The van der Waals surface area contributed by atoms with E-state index in [0.717, 1.165) is 10.9 Å². The van der Waals surface area contributed by atoms with Crippen LogP contribution in [0.25, 0.3) is 22.7 Å². The molecule has 0 saturated carbocycles. The Morgan fingerprint density at radius 3 is 2.59 bits per heavy atom. The number of hydrogen-bond donors (Lipinski definition) is 1. The van der Waals surface area contributed by atoms with Gasteiger partial charge in [0.1, 0.15) is 0 Å². The van der Waals surface area contributed by atoms with Gasteiger partial charge in [0.2, 0.25) is 0 Å². The highest BCUT2D eigenvalue weighted by Gasteiger charge is 2.28. The van der Waals surface area contributed by atoms with Crippen molar-refractivity contribution in [3.8, 4) is 0 Å². The van der Waals surface area contributed by atoms with E-state index in [1.807, 2.05) is 42.5 Å². The van der Waals surface area contributed by atoms with Crippen molar-refractivity contribution in [3.05, 3.63) is 71.9 Å².